The van der Waals surface area contributed by atoms with Gasteiger partial charge in [0.25, 0.3) is 5.91 Å². The van der Waals surface area contributed by atoms with Gasteiger partial charge in [0, 0.05) is 5.69 Å². The Bertz CT molecular complexity index is 701. The Labute approximate surface area is 121 Å². The third-order valence-electron chi connectivity index (χ3n) is 3.84. The van der Waals surface area contributed by atoms with E-state index in [0.29, 0.717) is 11.5 Å². The lowest BCUT2D eigenvalue weighted by molar-refractivity contribution is -0.137. The Hall–Kier alpha value is -2.53. The molecule has 106 valence electrons. The third kappa shape index (κ3) is 1.78. The molecule has 2 aromatic rings. The molecule has 0 aromatic heterocycles. The topological polar surface area (TPSA) is 59.0 Å². The molecule has 1 saturated heterocycles. The number of carbonyl (C=O) groups excluding carboxylic acids is 1. The van der Waals surface area contributed by atoms with Gasteiger partial charge >= 0.3 is 0 Å². The molecule has 21 heavy (non-hydrogen) atoms. The van der Waals surface area contributed by atoms with Crippen LogP contribution in [0, 0.1) is 0 Å². The monoisotopic (exact) mass is 283 g/mol. The number of fused-ring (bicyclic) bond motifs is 1. The Morgan fingerprint density at radius 1 is 1.05 bits per heavy atom. The summed E-state index contributed by atoms with van der Waals surface area (Å²) in [6.45, 7) is 0.202. The van der Waals surface area contributed by atoms with Gasteiger partial charge in [-0.2, -0.15) is 0 Å². The lowest BCUT2D eigenvalue weighted by atomic mass is 9.90. The van der Waals surface area contributed by atoms with Gasteiger partial charge < -0.3 is 14.6 Å². The van der Waals surface area contributed by atoms with Crippen LogP contribution < -0.4 is 14.4 Å². The predicted octanol–water partition coefficient (Wildman–Crippen LogP) is 1.86. The maximum absolute atomic E-state index is 12.0. The summed E-state index contributed by atoms with van der Waals surface area (Å²) in [6, 6.07) is 14.4. The van der Waals surface area contributed by atoms with Gasteiger partial charge in [0.1, 0.15) is 0 Å². The van der Waals surface area contributed by atoms with Gasteiger partial charge in [-0.05, 0) is 29.8 Å². The molecule has 0 aliphatic carbocycles. The number of hydrogen-bond donors (Lipinski definition) is 1. The second kappa shape index (κ2) is 4.49. The van der Waals surface area contributed by atoms with E-state index in [1.54, 1.807) is 11.0 Å². The first kappa shape index (κ1) is 12.2. The van der Waals surface area contributed by atoms with E-state index in [4.69, 9.17) is 9.47 Å². The first-order valence-electron chi connectivity index (χ1n) is 6.71. The van der Waals surface area contributed by atoms with Crippen molar-refractivity contribution in [3.63, 3.8) is 0 Å². The number of nitrogens with zero attached hydrogens (tertiary/aromatic N) is 1. The second-order valence-electron chi connectivity index (χ2n) is 5.05. The van der Waals surface area contributed by atoms with Crippen LogP contribution in [0.15, 0.2) is 48.5 Å². The van der Waals surface area contributed by atoms with Crippen molar-refractivity contribution in [1.82, 2.24) is 0 Å². The Morgan fingerprint density at radius 3 is 2.62 bits per heavy atom. The van der Waals surface area contributed by atoms with E-state index in [0.717, 1.165) is 11.3 Å². The number of β-lactam (4-membered cyclic amide) rings is 1. The van der Waals surface area contributed by atoms with Crippen LogP contribution in [-0.2, 0) is 4.79 Å². The van der Waals surface area contributed by atoms with Gasteiger partial charge in [-0.25, -0.2) is 0 Å². The quantitative estimate of drug-likeness (QED) is 0.855. The fourth-order valence-electron chi connectivity index (χ4n) is 2.78. The molecule has 2 aliphatic rings. The smallest absolute Gasteiger partial charge is 0.259 e. The van der Waals surface area contributed by atoms with E-state index < -0.39 is 12.1 Å². The summed E-state index contributed by atoms with van der Waals surface area (Å²) in [4.78, 5) is 13.6. The number of aliphatic hydroxyl groups excluding tert-OH is 1. The molecule has 0 saturated carbocycles. The Balaban J connectivity index is 1.71. The number of anilines is 1. The summed E-state index contributed by atoms with van der Waals surface area (Å²) >= 11 is 0. The standard InChI is InChI=1S/C16H13NO4/c18-15-14(10-6-7-12-13(8-10)21-9-20-12)17(16(15)19)11-4-2-1-3-5-11/h1-8,14-15,18H,9H2. The molecule has 2 aromatic carbocycles. The highest BCUT2D eigenvalue weighted by Gasteiger charge is 2.48. The molecule has 2 aliphatic heterocycles. The highest BCUT2D eigenvalue weighted by molar-refractivity contribution is 6.04. The van der Waals surface area contributed by atoms with Gasteiger partial charge in [-0.3, -0.25) is 9.69 Å². The largest absolute Gasteiger partial charge is 0.454 e. The number of hydrogen-bond acceptors (Lipinski definition) is 4. The molecule has 2 heterocycles. The van der Waals surface area contributed by atoms with E-state index in [2.05, 4.69) is 0 Å². The maximum Gasteiger partial charge on any atom is 0.259 e. The minimum atomic E-state index is -1.02. The van der Waals surface area contributed by atoms with Crippen molar-refractivity contribution in [2.75, 3.05) is 11.7 Å². The van der Waals surface area contributed by atoms with Crippen LogP contribution in [0.1, 0.15) is 11.6 Å². The predicted molar refractivity (Wildman–Crippen MR) is 75.2 cm³/mol. The summed E-state index contributed by atoms with van der Waals surface area (Å²) in [5, 5.41) is 10.0. The zero-order valence-corrected chi connectivity index (χ0v) is 11.1. The summed E-state index contributed by atoms with van der Waals surface area (Å²) in [5.74, 6) is 1.04. The summed E-state index contributed by atoms with van der Waals surface area (Å²) in [5.41, 5.74) is 1.60. The van der Waals surface area contributed by atoms with Crippen molar-refractivity contribution in [3.8, 4) is 11.5 Å². The van der Waals surface area contributed by atoms with Gasteiger partial charge in [0.2, 0.25) is 6.79 Å². The van der Waals surface area contributed by atoms with Gasteiger partial charge in [-0.1, -0.05) is 24.3 Å². The van der Waals surface area contributed by atoms with E-state index in [9.17, 15) is 9.90 Å². The fourth-order valence-corrected chi connectivity index (χ4v) is 2.78. The first-order valence-corrected chi connectivity index (χ1v) is 6.71. The van der Waals surface area contributed by atoms with Crippen molar-refractivity contribution in [2.24, 2.45) is 0 Å². The molecule has 0 spiro atoms. The molecule has 2 unspecified atom stereocenters. The number of ether oxygens (including phenoxy) is 2. The van der Waals surface area contributed by atoms with Crippen molar-refractivity contribution in [1.29, 1.82) is 0 Å². The first-order chi connectivity index (χ1) is 10.3. The van der Waals surface area contributed by atoms with E-state index in [-0.39, 0.29) is 12.7 Å². The minimum Gasteiger partial charge on any atom is -0.454 e. The van der Waals surface area contributed by atoms with Crippen molar-refractivity contribution < 1.29 is 19.4 Å². The molecule has 1 amide bonds. The second-order valence-corrected chi connectivity index (χ2v) is 5.05. The molecule has 2 atom stereocenters. The van der Waals surface area contributed by atoms with Crippen LogP contribution in [0.25, 0.3) is 0 Å². The summed E-state index contributed by atoms with van der Waals surface area (Å²) < 4.78 is 10.6. The lowest BCUT2D eigenvalue weighted by Gasteiger charge is -2.44. The van der Waals surface area contributed by atoms with Crippen LogP contribution in [0.3, 0.4) is 0 Å². The zero-order chi connectivity index (χ0) is 14.4. The van der Waals surface area contributed by atoms with Crippen LogP contribution in [0.2, 0.25) is 0 Å². The molecular weight excluding hydrogens is 270 g/mol. The van der Waals surface area contributed by atoms with Crippen molar-refractivity contribution in [3.05, 3.63) is 54.1 Å². The summed E-state index contributed by atoms with van der Waals surface area (Å²) in [7, 11) is 0. The number of para-hydroxylation sites is 1. The molecule has 5 nitrogen and oxygen atoms in total. The van der Waals surface area contributed by atoms with Crippen LogP contribution >= 0.6 is 0 Å². The average Bonchev–Trinajstić information content (AvgIpc) is 2.99. The molecule has 0 bridgehead atoms. The number of amides is 1. The maximum atomic E-state index is 12.0. The van der Waals surface area contributed by atoms with Gasteiger partial charge in [-0.15, -0.1) is 0 Å². The van der Waals surface area contributed by atoms with Crippen molar-refractivity contribution in [2.45, 2.75) is 12.1 Å². The highest BCUT2D eigenvalue weighted by atomic mass is 16.7. The molecular formula is C16H13NO4. The average molecular weight is 283 g/mol. The van der Waals surface area contributed by atoms with E-state index in [1.165, 1.54) is 0 Å². The number of rotatable bonds is 2. The number of benzene rings is 2. The Kier molecular flexibility index (Phi) is 2.62. The fraction of sp³-hybridized carbons (Fsp3) is 0.188. The zero-order valence-electron chi connectivity index (χ0n) is 11.1. The number of aliphatic hydroxyl groups is 1. The van der Waals surface area contributed by atoms with Crippen LogP contribution in [0.4, 0.5) is 5.69 Å². The van der Waals surface area contributed by atoms with Crippen molar-refractivity contribution >= 4 is 11.6 Å². The Morgan fingerprint density at radius 2 is 1.81 bits per heavy atom. The lowest BCUT2D eigenvalue weighted by Crippen LogP contribution is -2.59. The SMILES string of the molecule is O=C1C(O)C(c2ccc3c(c2)OCO3)N1c1ccccc1. The van der Waals surface area contributed by atoms with Crippen LogP contribution in [-0.4, -0.2) is 23.9 Å². The van der Waals surface area contributed by atoms with E-state index in [1.807, 2.05) is 42.5 Å². The molecule has 5 heteroatoms. The highest BCUT2D eigenvalue weighted by Crippen LogP contribution is 2.42. The van der Waals surface area contributed by atoms with E-state index >= 15 is 0 Å². The molecule has 0 radical (unpaired) electrons. The normalized spacial score (nSPS) is 23.1. The third-order valence-corrected chi connectivity index (χ3v) is 3.84. The van der Waals surface area contributed by atoms with Gasteiger partial charge in [0.05, 0.1) is 6.04 Å². The molecule has 1 N–H and O–H groups in total. The number of carbonyl (C=O) groups is 1. The molecule has 4 rings (SSSR count). The van der Waals surface area contributed by atoms with Gasteiger partial charge in [0.15, 0.2) is 17.6 Å². The molecule has 1 fully saturated rings. The minimum absolute atomic E-state index is 0.202. The summed E-state index contributed by atoms with van der Waals surface area (Å²) in [6.07, 6.45) is -1.02. The van der Waals surface area contributed by atoms with Crippen LogP contribution in [0.5, 0.6) is 11.5 Å².